The molecular weight excluding hydrogens is 487 g/mol. The number of nitrogens with one attached hydrogen (secondary N) is 1. The standard InChI is InChI=1S/C14H11F13N4O/c1-3-31-6(2)7(5-29-31)4-28-30-8(32)9(15,16)10(17,18)11(19,20)12(21,22)13(23,24)14(25,26)27/h4-5H,3H2,1-2H3,(H,30,32)/b28-4-. The highest BCUT2D eigenvalue weighted by Crippen LogP contribution is 2.60. The Balaban J connectivity index is 3.24. The van der Waals surface area contributed by atoms with Gasteiger partial charge in [-0.3, -0.25) is 9.48 Å². The predicted octanol–water partition coefficient (Wildman–Crippen LogP) is 4.40. The third-order valence-corrected chi connectivity index (χ3v) is 4.03. The molecule has 0 bridgehead atoms. The summed E-state index contributed by atoms with van der Waals surface area (Å²) in [6, 6.07) is 0. The number of hydrogen-bond donors (Lipinski definition) is 1. The van der Waals surface area contributed by atoms with E-state index in [4.69, 9.17) is 0 Å². The molecule has 0 saturated heterocycles. The average molecular weight is 498 g/mol. The fraction of sp³-hybridized carbons (Fsp3) is 0.643. The topological polar surface area (TPSA) is 59.3 Å². The minimum Gasteiger partial charge on any atom is -0.269 e. The normalized spacial score (nSPS) is 14.8. The Bertz CT molecular complexity index is 872. The number of nitrogens with zero attached hydrogens (tertiary/aromatic N) is 3. The molecule has 184 valence electrons. The maximum atomic E-state index is 13.6. The van der Waals surface area contributed by atoms with Crippen molar-refractivity contribution in [2.45, 2.75) is 56.2 Å². The minimum absolute atomic E-state index is 0.0103. The molecule has 1 heterocycles. The van der Waals surface area contributed by atoms with E-state index >= 15 is 0 Å². The molecule has 0 aromatic carbocycles. The van der Waals surface area contributed by atoms with Gasteiger partial charge < -0.3 is 0 Å². The van der Waals surface area contributed by atoms with Crippen molar-refractivity contribution < 1.29 is 61.9 Å². The van der Waals surface area contributed by atoms with Crippen LogP contribution in [0.5, 0.6) is 0 Å². The summed E-state index contributed by atoms with van der Waals surface area (Å²) in [5.41, 5.74) is 0.884. The van der Waals surface area contributed by atoms with Gasteiger partial charge in [0.2, 0.25) is 0 Å². The van der Waals surface area contributed by atoms with Gasteiger partial charge in [-0.05, 0) is 13.8 Å². The number of carbonyl (C=O) groups is 1. The molecule has 0 radical (unpaired) electrons. The Kier molecular flexibility index (Phi) is 6.95. The molecule has 0 unspecified atom stereocenters. The highest BCUT2D eigenvalue weighted by Gasteiger charge is 2.91. The van der Waals surface area contributed by atoms with E-state index in [1.807, 2.05) is 0 Å². The second-order valence-electron chi connectivity index (χ2n) is 6.07. The van der Waals surface area contributed by atoms with Crippen LogP contribution < -0.4 is 5.43 Å². The van der Waals surface area contributed by atoms with E-state index in [9.17, 15) is 61.9 Å². The van der Waals surface area contributed by atoms with E-state index in [2.05, 4.69) is 10.2 Å². The second-order valence-corrected chi connectivity index (χ2v) is 6.07. The quantitative estimate of drug-likeness (QED) is 0.328. The van der Waals surface area contributed by atoms with Crippen molar-refractivity contribution in [2.75, 3.05) is 0 Å². The number of halogens is 13. The maximum Gasteiger partial charge on any atom is 0.460 e. The third kappa shape index (κ3) is 3.98. The largest absolute Gasteiger partial charge is 0.460 e. The second kappa shape index (κ2) is 8.09. The third-order valence-electron chi connectivity index (χ3n) is 4.03. The number of aryl methyl sites for hydroxylation is 1. The van der Waals surface area contributed by atoms with Gasteiger partial charge in [0, 0.05) is 17.8 Å². The Morgan fingerprint density at radius 3 is 1.81 bits per heavy atom. The number of amides is 1. The van der Waals surface area contributed by atoms with E-state index in [1.165, 1.54) is 11.6 Å². The van der Waals surface area contributed by atoms with Gasteiger partial charge in [-0.1, -0.05) is 0 Å². The fourth-order valence-electron chi connectivity index (χ4n) is 2.05. The first-order valence-corrected chi connectivity index (χ1v) is 7.93. The van der Waals surface area contributed by atoms with Crippen LogP contribution in [-0.2, 0) is 11.3 Å². The van der Waals surface area contributed by atoms with Gasteiger partial charge in [0.1, 0.15) is 0 Å². The molecule has 5 nitrogen and oxygen atoms in total. The lowest BCUT2D eigenvalue weighted by Crippen LogP contribution is -2.71. The van der Waals surface area contributed by atoms with Crippen molar-refractivity contribution in [3.63, 3.8) is 0 Å². The number of alkyl halides is 13. The van der Waals surface area contributed by atoms with Crippen LogP contribution in [0.3, 0.4) is 0 Å². The van der Waals surface area contributed by atoms with E-state index in [1.54, 1.807) is 6.92 Å². The molecule has 0 fully saturated rings. The number of hydrazone groups is 1. The summed E-state index contributed by atoms with van der Waals surface area (Å²) >= 11 is 0. The van der Waals surface area contributed by atoms with Crippen molar-refractivity contribution in [1.29, 1.82) is 0 Å². The predicted molar refractivity (Wildman–Crippen MR) is 79.2 cm³/mol. The van der Waals surface area contributed by atoms with Crippen molar-refractivity contribution in [3.05, 3.63) is 17.5 Å². The van der Waals surface area contributed by atoms with Crippen LogP contribution in [0.25, 0.3) is 0 Å². The Morgan fingerprint density at radius 2 is 1.41 bits per heavy atom. The van der Waals surface area contributed by atoms with E-state index in [-0.39, 0.29) is 5.56 Å². The molecule has 0 aliphatic carbocycles. The summed E-state index contributed by atoms with van der Waals surface area (Å²) in [5, 5.41) is 6.43. The van der Waals surface area contributed by atoms with Crippen molar-refractivity contribution in [3.8, 4) is 0 Å². The number of carbonyl (C=O) groups excluding carboxylic acids is 1. The van der Waals surface area contributed by atoms with Crippen molar-refractivity contribution in [2.24, 2.45) is 5.10 Å². The minimum atomic E-state index is -8.08. The molecule has 1 aromatic rings. The van der Waals surface area contributed by atoms with Gasteiger partial charge >= 0.3 is 41.7 Å². The van der Waals surface area contributed by atoms with Crippen LogP contribution in [0.4, 0.5) is 57.1 Å². The number of aromatic nitrogens is 2. The summed E-state index contributed by atoms with van der Waals surface area (Å²) in [4.78, 5) is 11.2. The van der Waals surface area contributed by atoms with Gasteiger partial charge in [-0.25, -0.2) is 5.43 Å². The molecule has 0 aliphatic heterocycles. The molecule has 0 aliphatic rings. The molecule has 0 spiro atoms. The van der Waals surface area contributed by atoms with Crippen LogP contribution in [0.1, 0.15) is 18.2 Å². The molecule has 18 heteroatoms. The zero-order chi connectivity index (χ0) is 25.6. The summed E-state index contributed by atoms with van der Waals surface area (Å²) in [7, 11) is 0. The Morgan fingerprint density at radius 1 is 0.938 bits per heavy atom. The smallest absolute Gasteiger partial charge is 0.269 e. The van der Waals surface area contributed by atoms with Crippen LogP contribution in [0.15, 0.2) is 11.3 Å². The summed E-state index contributed by atoms with van der Waals surface area (Å²) in [6.07, 6.45) is -5.99. The van der Waals surface area contributed by atoms with E-state index in [0.717, 1.165) is 6.20 Å². The molecule has 1 amide bonds. The van der Waals surface area contributed by atoms with Crippen LogP contribution >= 0.6 is 0 Å². The van der Waals surface area contributed by atoms with Gasteiger partial charge in [0.05, 0.1) is 12.4 Å². The fourth-order valence-corrected chi connectivity index (χ4v) is 2.05. The first-order chi connectivity index (χ1) is 14.1. The van der Waals surface area contributed by atoms with Gasteiger partial charge in [0.25, 0.3) is 0 Å². The van der Waals surface area contributed by atoms with Crippen LogP contribution in [0, 0.1) is 6.92 Å². The van der Waals surface area contributed by atoms with Crippen LogP contribution in [0.2, 0.25) is 0 Å². The lowest BCUT2D eigenvalue weighted by Gasteiger charge is -2.38. The zero-order valence-electron chi connectivity index (χ0n) is 15.5. The highest BCUT2D eigenvalue weighted by molar-refractivity contribution is 5.87. The maximum absolute atomic E-state index is 13.6. The van der Waals surface area contributed by atoms with Gasteiger partial charge in [-0.2, -0.15) is 67.3 Å². The molecule has 0 atom stereocenters. The SMILES string of the molecule is CCn1ncc(/C=N\NC(=O)C(F)(F)C(F)(F)C(F)(F)C(F)(F)C(F)(F)C(F)(F)F)c1C. The zero-order valence-corrected chi connectivity index (χ0v) is 15.5. The molecular formula is C14H11F13N4O. The van der Waals surface area contributed by atoms with Crippen LogP contribution in [-0.4, -0.2) is 57.7 Å². The Labute approximate surface area is 169 Å². The highest BCUT2D eigenvalue weighted by atomic mass is 19.4. The van der Waals surface area contributed by atoms with Crippen molar-refractivity contribution in [1.82, 2.24) is 15.2 Å². The monoisotopic (exact) mass is 498 g/mol. The summed E-state index contributed by atoms with van der Waals surface area (Å²) in [6.45, 7) is 3.30. The molecule has 32 heavy (non-hydrogen) atoms. The summed E-state index contributed by atoms with van der Waals surface area (Å²) < 4.78 is 170. The molecule has 1 rings (SSSR count). The lowest BCUT2D eigenvalue weighted by molar-refractivity contribution is -0.436. The van der Waals surface area contributed by atoms with Gasteiger partial charge in [-0.15, -0.1) is 0 Å². The number of hydrogen-bond acceptors (Lipinski definition) is 3. The molecule has 1 N–H and O–H groups in total. The number of rotatable bonds is 8. The Hall–Kier alpha value is -2.56. The van der Waals surface area contributed by atoms with E-state index < -0.39 is 41.7 Å². The van der Waals surface area contributed by atoms with E-state index in [0.29, 0.717) is 23.9 Å². The first-order valence-electron chi connectivity index (χ1n) is 7.93. The molecule has 0 saturated carbocycles. The first kappa shape index (κ1) is 27.5. The van der Waals surface area contributed by atoms with Crippen molar-refractivity contribution >= 4 is 12.1 Å². The average Bonchev–Trinajstić information content (AvgIpc) is 2.99. The lowest BCUT2D eigenvalue weighted by atomic mass is 9.93. The molecule has 1 aromatic heterocycles. The van der Waals surface area contributed by atoms with Gasteiger partial charge in [0.15, 0.2) is 0 Å². The summed E-state index contributed by atoms with van der Waals surface area (Å²) in [5.74, 6) is -42.1.